The molecule has 136 valence electrons. The molecule has 3 atom stereocenters. The number of carbonyl (C=O) groups is 1. The molecule has 2 aliphatic heterocycles. The van der Waals surface area contributed by atoms with Crippen molar-refractivity contribution in [2.24, 2.45) is 0 Å². The van der Waals surface area contributed by atoms with Crippen LogP contribution in [-0.4, -0.2) is 83.6 Å². The number of amides is 1. The summed E-state index contributed by atoms with van der Waals surface area (Å²) in [7, 11) is 0. The van der Waals surface area contributed by atoms with Crippen LogP contribution in [0.1, 0.15) is 18.4 Å². The molecular weight excluding hydrogens is 320 g/mol. The highest BCUT2D eigenvalue weighted by atomic mass is 16.5. The molecule has 1 aliphatic carbocycles. The highest BCUT2D eigenvalue weighted by Crippen LogP contribution is 2.49. The molecule has 0 spiro atoms. The monoisotopic (exact) mass is 346 g/mol. The lowest BCUT2D eigenvalue weighted by atomic mass is 9.94. The predicted molar refractivity (Wildman–Crippen MR) is 92.1 cm³/mol. The Morgan fingerprint density at radius 1 is 1.04 bits per heavy atom. The number of piperazine rings is 1. The molecule has 1 aromatic carbocycles. The van der Waals surface area contributed by atoms with Crippen molar-refractivity contribution in [3.8, 4) is 0 Å². The molecule has 4 rings (SSSR count). The topological polar surface area (TPSA) is 73.2 Å². The molecule has 1 saturated carbocycles. The molecule has 6 nitrogen and oxygen atoms in total. The van der Waals surface area contributed by atoms with E-state index in [0.717, 1.165) is 18.4 Å². The molecule has 3 aliphatic rings. The maximum Gasteiger partial charge on any atom is 0.233 e. The summed E-state index contributed by atoms with van der Waals surface area (Å²) in [5.41, 5.74) is 0.814. The summed E-state index contributed by atoms with van der Waals surface area (Å²) >= 11 is 0. The molecule has 2 N–H and O–H groups in total. The quantitative estimate of drug-likeness (QED) is 0.805. The molecule has 0 radical (unpaired) electrons. The Hall–Kier alpha value is -1.47. The third-order valence-electron chi connectivity index (χ3n) is 5.92. The molecule has 3 fully saturated rings. The van der Waals surface area contributed by atoms with Gasteiger partial charge in [0.15, 0.2) is 0 Å². The third-order valence-corrected chi connectivity index (χ3v) is 5.92. The zero-order valence-corrected chi connectivity index (χ0v) is 14.4. The van der Waals surface area contributed by atoms with E-state index in [4.69, 9.17) is 4.74 Å². The zero-order valence-electron chi connectivity index (χ0n) is 14.4. The minimum Gasteiger partial charge on any atom is -0.389 e. The number of rotatable bonds is 3. The van der Waals surface area contributed by atoms with E-state index in [1.165, 1.54) is 0 Å². The van der Waals surface area contributed by atoms with Crippen molar-refractivity contribution in [2.75, 3.05) is 39.4 Å². The molecule has 0 aromatic heterocycles. The van der Waals surface area contributed by atoms with Crippen LogP contribution in [0.5, 0.6) is 0 Å². The first-order chi connectivity index (χ1) is 12.1. The molecule has 2 heterocycles. The lowest BCUT2D eigenvalue weighted by Crippen LogP contribution is -2.61. The van der Waals surface area contributed by atoms with Crippen LogP contribution in [0.3, 0.4) is 0 Å². The molecule has 25 heavy (non-hydrogen) atoms. The largest absolute Gasteiger partial charge is 0.389 e. The van der Waals surface area contributed by atoms with Gasteiger partial charge in [0.05, 0.1) is 30.8 Å². The van der Waals surface area contributed by atoms with Gasteiger partial charge in [-0.05, 0) is 18.4 Å². The van der Waals surface area contributed by atoms with Gasteiger partial charge in [0.1, 0.15) is 6.10 Å². The minimum atomic E-state index is -0.828. The van der Waals surface area contributed by atoms with Crippen LogP contribution < -0.4 is 0 Å². The maximum absolute atomic E-state index is 13.1. The number of nitrogens with zero attached hydrogens (tertiary/aromatic N) is 2. The Kier molecular flexibility index (Phi) is 4.54. The van der Waals surface area contributed by atoms with Crippen molar-refractivity contribution < 1.29 is 19.7 Å². The number of benzene rings is 1. The Morgan fingerprint density at radius 2 is 1.72 bits per heavy atom. The smallest absolute Gasteiger partial charge is 0.233 e. The lowest BCUT2D eigenvalue weighted by molar-refractivity contribution is -0.146. The number of hydrogen-bond donors (Lipinski definition) is 2. The molecular formula is C19H26N2O4. The molecule has 0 unspecified atom stereocenters. The predicted octanol–water partition coefficient (Wildman–Crippen LogP) is -0.0170. The molecule has 2 saturated heterocycles. The summed E-state index contributed by atoms with van der Waals surface area (Å²) in [5, 5.41) is 20.0. The summed E-state index contributed by atoms with van der Waals surface area (Å²) in [6.07, 6.45) is 0.246. The van der Waals surface area contributed by atoms with Gasteiger partial charge in [-0.1, -0.05) is 30.3 Å². The van der Waals surface area contributed by atoms with Gasteiger partial charge in [-0.25, -0.2) is 0 Å². The van der Waals surface area contributed by atoms with E-state index in [-0.39, 0.29) is 24.0 Å². The summed E-state index contributed by atoms with van der Waals surface area (Å²) in [6.45, 7) is 3.35. The lowest BCUT2D eigenvalue weighted by Gasteiger charge is -2.44. The van der Waals surface area contributed by atoms with E-state index in [0.29, 0.717) is 32.8 Å². The summed E-state index contributed by atoms with van der Waals surface area (Å²) in [5.74, 6) is 0.235. The first-order valence-electron chi connectivity index (χ1n) is 9.15. The van der Waals surface area contributed by atoms with Crippen molar-refractivity contribution in [3.63, 3.8) is 0 Å². The summed E-state index contributed by atoms with van der Waals surface area (Å²) < 4.78 is 5.38. The maximum atomic E-state index is 13.1. The SMILES string of the molecule is O=C(N1CCN([C@@H]2COC[C@@H](O)[C@H]2O)CC1)C1(c2ccccc2)CC1. The van der Waals surface area contributed by atoms with E-state index < -0.39 is 12.2 Å². The second-order valence-corrected chi connectivity index (χ2v) is 7.44. The Balaban J connectivity index is 1.38. The number of ether oxygens (including phenoxy) is 1. The Morgan fingerprint density at radius 3 is 2.36 bits per heavy atom. The van der Waals surface area contributed by atoms with Crippen LogP contribution >= 0.6 is 0 Å². The van der Waals surface area contributed by atoms with Crippen molar-refractivity contribution >= 4 is 5.91 Å². The van der Waals surface area contributed by atoms with Crippen LogP contribution in [0, 0.1) is 0 Å². The number of hydrogen-bond acceptors (Lipinski definition) is 5. The standard InChI is InChI=1S/C19H26N2O4/c22-16-13-25-12-15(17(16)23)20-8-10-21(11-9-20)18(24)19(6-7-19)14-4-2-1-3-5-14/h1-5,15-17,22-23H,6-13H2/t15-,16-,17+/m1/s1. The fourth-order valence-corrected chi connectivity index (χ4v) is 4.15. The van der Waals surface area contributed by atoms with Gasteiger partial charge in [0, 0.05) is 26.2 Å². The fourth-order valence-electron chi connectivity index (χ4n) is 4.15. The first kappa shape index (κ1) is 17.0. The van der Waals surface area contributed by atoms with Gasteiger partial charge < -0.3 is 19.8 Å². The van der Waals surface area contributed by atoms with Crippen LogP contribution in [0.25, 0.3) is 0 Å². The second kappa shape index (κ2) is 6.68. The summed E-state index contributed by atoms with van der Waals surface area (Å²) in [6, 6.07) is 9.89. The molecule has 1 amide bonds. The van der Waals surface area contributed by atoms with Gasteiger partial charge in [-0.2, -0.15) is 0 Å². The summed E-state index contributed by atoms with van der Waals surface area (Å²) in [4.78, 5) is 17.2. The number of aliphatic hydroxyl groups excluding tert-OH is 2. The molecule has 0 bridgehead atoms. The van der Waals surface area contributed by atoms with Gasteiger partial charge in [-0.3, -0.25) is 9.69 Å². The zero-order chi connectivity index (χ0) is 17.4. The number of aliphatic hydroxyl groups is 2. The van der Waals surface area contributed by atoms with Crippen LogP contribution in [0.15, 0.2) is 30.3 Å². The van der Waals surface area contributed by atoms with Gasteiger partial charge >= 0.3 is 0 Å². The second-order valence-electron chi connectivity index (χ2n) is 7.44. The molecule has 6 heteroatoms. The van der Waals surface area contributed by atoms with Crippen LogP contribution in [0.2, 0.25) is 0 Å². The first-order valence-corrected chi connectivity index (χ1v) is 9.15. The van der Waals surface area contributed by atoms with Crippen molar-refractivity contribution in [3.05, 3.63) is 35.9 Å². The normalized spacial score (nSPS) is 32.4. The Labute approximate surface area is 148 Å². The average molecular weight is 346 g/mol. The van der Waals surface area contributed by atoms with E-state index >= 15 is 0 Å². The van der Waals surface area contributed by atoms with Gasteiger partial charge in [-0.15, -0.1) is 0 Å². The highest BCUT2D eigenvalue weighted by Gasteiger charge is 2.53. The number of carbonyl (C=O) groups excluding carboxylic acids is 1. The third kappa shape index (κ3) is 3.08. The molecule has 1 aromatic rings. The van der Waals surface area contributed by atoms with Gasteiger partial charge in [0.2, 0.25) is 5.91 Å². The van der Waals surface area contributed by atoms with E-state index in [1.807, 2.05) is 23.1 Å². The fraction of sp³-hybridized carbons (Fsp3) is 0.632. The van der Waals surface area contributed by atoms with Crippen molar-refractivity contribution in [1.82, 2.24) is 9.80 Å². The average Bonchev–Trinajstić information content (AvgIpc) is 3.46. The van der Waals surface area contributed by atoms with Crippen LogP contribution in [-0.2, 0) is 14.9 Å². The highest BCUT2D eigenvalue weighted by molar-refractivity contribution is 5.91. The minimum absolute atomic E-state index is 0.190. The van der Waals surface area contributed by atoms with Crippen molar-refractivity contribution in [1.29, 1.82) is 0 Å². The van der Waals surface area contributed by atoms with Crippen LogP contribution in [0.4, 0.5) is 0 Å². The van der Waals surface area contributed by atoms with Crippen molar-refractivity contribution in [2.45, 2.75) is 36.5 Å². The van der Waals surface area contributed by atoms with Gasteiger partial charge in [0.25, 0.3) is 0 Å². The Bertz CT molecular complexity index is 611. The van der Waals surface area contributed by atoms with E-state index in [9.17, 15) is 15.0 Å². The van der Waals surface area contributed by atoms with E-state index in [1.54, 1.807) is 0 Å². The van der Waals surface area contributed by atoms with E-state index in [2.05, 4.69) is 17.0 Å².